The lowest BCUT2D eigenvalue weighted by Gasteiger charge is -2.20. The van der Waals surface area contributed by atoms with E-state index in [4.69, 9.17) is 0 Å². The number of rotatable bonds is 3. The molecule has 8 rings (SSSR count). The Morgan fingerprint density at radius 2 is 1.02 bits per heavy atom. The summed E-state index contributed by atoms with van der Waals surface area (Å²) in [5, 5.41) is 34.1. The van der Waals surface area contributed by atoms with Gasteiger partial charge in [-0.1, -0.05) is 54.6 Å². The van der Waals surface area contributed by atoms with E-state index in [9.17, 15) is 29.0 Å². The number of fused-ring (bicyclic) bond motifs is 6. The zero-order chi connectivity index (χ0) is 34.0. The molecule has 5 nitrogen and oxygen atoms in total. The van der Waals surface area contributed by atoms with Gasteiger partial charge in [0.2, 0.25) is 0 Å². The molecule has 0 aliphatic heterocycles. The van der Waals surface area contributed by atoms with E-state index >= 15 is 0 Å². The first kappa shape index (κ1) is 29.6. The number of hydrogen-bond donors (Lipinski definition) is 0. The third-order valence-corrected chi connectivity index (χ3v) is 9.17. The van der Waals surface area contributed by atoms with Crippen LogP contribution >= 0.6 is 0 Å². The van der Waals surface area contributed by atoms with Crippen molar-refractivity contribution in [1.29, 1.82) is 15.8 Å². The van der Waals surface area contributed by atoms with Gasteiger partial charge in [-0.05, 0) is 78.7 Å². The molecule has 8 aromatic rings. The summed E-state index contributed by atoms with van der Waals surface area (Å²) in [6, 6.07) is 40.7. The van der Waals surface area contributed by atoms with Crippen LogP contribution < -0.4 is 0 Å². The quantitative estimate of drug-likeness (QED) is 0.192. The molecule has 2 aromatic heterocycles. The number of para-hydroxylation sites is 2. The van der Waals surface area contributed by atoms with Gasteiger partial charge in [0.25, 0.3) is 0 Å². The molecule has 0 aliphatic rings. The van der Waals surface area contributed by atoms with Gasteiger partial charge in [0.15, 0.2) is 0 Å². The molecule has 0 aliphatic carbocycles. The lowest BCUT2D eigenvalue weighted by Crippen LogP contribution is -2.07. The van der Waals surface area contributed by atoms with Crippen molar-refractivity contribution in [3.8, 4) is 40.7 Å². The monoisotopic (exact) mass is 641 g/mol. The molecule has 0 bridgehead atoms. The minimum absolute atomic E-state index is 0.266. The Morgan fingerprint density at radius 3 is 1.51 bits per heavy atom. The van der Waals surface area contributed by atoms with E-state index in [1.807, 2.05) is 88.0 Å². The Labute approximate surface area is 278 Å². The van der Waals surface area contributed by atoms with Crippen LogP contribution in [0.2, 0.25) is 0 Å². The minimum Gasteiger partial charge on any atom is -0.307 e. The summed E-state index contributed by atoms with van der Waals surface area (Å²) in [5.41, 5.74) is 6.19. The molecule has 8 heteroatoms. The fourth-order valence-corrected chi connectivity index (χ4v) is 6.99. The van der Waals surface area contributed by atoms with Gasteiger partial charge in [0, 0.05) is 27.1 Å². The van der Waals surface area contributed by atoms with Crippen molar-refractivity contribution < 1.29 is 13.2 Å². The van der Waals surface area contributed by atoms with Crippen LogP contribution in [-0.4, -0.2) is 9.13 Å². The number of aromatic nitrogens is 2. The molecule has 49 heavy (non-hydrogen) atoms. The van der Waals surface area contributed by atoms with E-state index in [2.05, 4.69) is 18.2 Å². The third kappa shape index (κ3) is 4.53. The number of halogens is 3. The largest absolute Gasteiger partial charge is 0.416 e. The van der Waals surface area contributed by atoms with Crippen LogP contribution in [0.5, 0.6) is 0 Å². The average molecular weight is 642 g/mol. The van der Waals surface area contributed by atoms with Crippen LogP contribution in [0, 0.1) is 40.9 Å². The molecule has 0 saturated carbocycles. The molecule has 0 unspecified atom stereocenters. The van der Waals surface area contributed by atoms with Crippen molar-refractivity contribution in [1.82, 2.24) is 9.13 Å². The fourth-order valence-electron chi connectivity index (χ4n) is 6.99. The third-order valence-electron chi connectivity index (χ3n) is 9.17. The number of benzene rings is 6. The first-order valence-corrected chi connectivity index (χ1v) is 15.4. The summed E-state index contributed by atoms with van der Waals surface area (Å²) in [4.78, 5) is 0. The van der Waals surface area contributed by atoms with Gasteiger partial charge >= 0.3 is 6.18 Å². The number of alkyl halides is 3. The van der Waals surface area contributed by atoms with E-state index in [1.165, 1.54) is 6.07 Å². The van der Waals surface area contributed by atoms with Crippen molar-refractivity contribution in [3.05, 3.63) is 143 Å². The van der Waals surface area contributed by atoms with Crippen molar-refractivity contribution in [3.63, 3.8) is 0 Å². The van der Waals surface area contributed by atoms with Crippen molar-refractivity contribution in [2.75, 3.05) is 0 Å². The first-order valence-electron chi connectivity index (χ1n) is 15.4. The van der Waals surface area contributed by atoms with E-state index in [1.54, 1.807) is 25.1 Å². The number of hydrogen-bond acceptors (Lipinski definition) is 3. The second-order valence-corrected chi connectivity index (χ2v) is 11.9. The average Bonchev–Trinajstić information content (AvgIpc) is 3.62. The number of nitriles is 3. The molecule has 0 amide bonds. The summed E-state index contributed by atoms with van der Waals surface area (Å²) in [5.74, 6) is 0. The van der Waals surface area contributed by atoms with Crippen LogP contribution in [0.15, 0.2) is 115 Å². The van der Waals surface area contributed by atoms with Crippen molar-refractivity contribution in [2.24, 2.45) is 0 Å². The van der Waals surface area contributed by atoms with Gasteiger partial charge in [0.05, 0.1) is 73.9 Å². The number of aryl methyl sites for hydroxylation is 1. The normalized spacial score (nSPS) is 11.6. The molecule has 0 fully saturated rings. The molecule has 2 heterocycles. The van der Waals surface area contributed by atoms with Gasteiger partial charge in [-0.25, -0.2) is 0 Å². The van der Waals surface area contributed by atoms with Gasteiger partial charge in [-0.2, -0.15) is 29.0 Å². The summed E-state index contributed by atoms with van der Waals surface area (Å²) in [7, 11) is 0. The highest BCUT2D eigenvalue weighted by molar-refractivity contribution is 6.12. The van der Waals surface area contributed by atoms with Crippen LogP contribution in [0.25, 0.3) is 66.1 Å². The second kappa shape index (κ2) is 10.9. The summed E-state index contributed by atoms with van der Waals surface area (Å²) < 4.78 is 45.1. The predicted octanol–water partition coefficient (Wildman–Crippen LogP) is 10.5. The highest BCUT2D eigenvalue weighted by atomic mass is 19.4. The Morgan fingerprint density at radius 1 is 0.510 bits per heavy atom. The first-order chi connectivity index (χ1) is 23.7. The zero-order valence-electron chi connectivity index (χ0n) is 25.8. The van der Waals surface area contributed by atoms with E-state index in [-0.39, 0.29) is 5.56 Å². The van der Waals surface area contributed by atoms with Crippen LogP contribution in [0.4, 0.5) is 13.2 Å². The van der Waals surface area contributed by atoms with Crippen LogP contribution in [0.3, 0.4) is 0 Å². The summed E-state index contributed by atoms with van der Waals surface area (Å²) in [6.07, 6.45) is -4.52. The molecule has 0 N–H and O–H groups in total. The molecule has 6 aromatic carbocycles. The molecular formula is C41H22F3N5. The highest BCUT2D eigenvalue weighted by Gasteiger charge is 2.31. The van der Waals surface area contributed by atoms with Gasteiger partial charge in [-0.3, -0.25) is 0 Å². The summed E-state index contributed by atoms with van der Waals surface area (Å²) in [6.45, 7) is 1.61. The van der Waals surface area contributed by atoms with E-state index in [0.29, 0.717) is 39.2 Å². The topological polar surface area (TPSA) is 81.2 Å². The molecule has 0 atom stereocenters. The van der Waals surface area contributed by atoms with Gasteiger partial charge in [-0.15, -0.1) is 0 Å². The smallest absolute Gasteiger partial charge is 0.307 e. The molecule has 232 valence electrons. The Kier molecular flexibility index (Phi) is 6.56. The maximum Gasteiger partial charge on any atom is 0.416 e. The van der Waals surface area contributed by atoms with E-state index in [0.717, 1.165) is 55.7 Å². The highest BCUT2D eigenvalue weighted by Crippen LogP contribution is 2.42. The van der Waals surface area contributed by atoms with Crippen LogP contribution in [-0.2, 0) is 6.18 Å². The molecule has 0 saturated heterocycles. The maximum atomic E-state index is 13.7. The standard InChI is InChI=1S/C41H22F3N5/c1-24-16-28(41(42,43)44)12-15-29(24)34-20-40(49-36-9-5-3-7-31(36)33-14-11-26(22-46)18-38(33)49)39(19-27(34)23-47)48-35-8-4-2-6-30(35)32-13-10-25(21-45)17-37(32)48/h2-20H,1H3. The lowest BCUT2D eigenvalue weighted by atomic mass is 9.93. The Hall–Kier alpha value is -6.82. The molecule has 0 spiro atoms. The maximum absolute atomic E-state index is 13.7. The van der Waals surface area contributed by atoms with Crippen molar-refractivity contribution in [2.45, 2.75) is 13.1 Å². The zero-order valence-corrected chi connectivity index (χ0v) is 25.8. The summed E-state index contributed by atoms with van der Waals surface area (Å²) >= 11 is 0. The number of nitrogens with zero attached hydrogens (tertiary/aromatic N) is 5. The molecular weight excluding hydrogens is 619 g/mol. The second-order valence-electron chi connectivity index (χ2n) is 11.9. The lowest BCUT2D eigenvalue weighted by molar-refractivity contribution is -0.137. The van der Waals surface area contributed by atoms with Gasteiger partial charge < -0.3 is 9.13 Å². The van der Waals surface area contributed by atoms with Crippen molar-refractivity contribution >= 4 is 43.6 Å². The molecule has 0 radical (unpaired) electrons. The van der Waals surface area contributed by atoms with Crippen LogP contribution in [0.1, 0.15) is 27.8 Å². The predicted molar refractivity (Wildman–Crippen MR) is 184 cm³/mol. The Bertz CT molecular complexity index is 2820. The minimum atomic E-state index is -4.52. The SMILES string of the molecule is Cc1cc(C(F)(F)F)ccc1-c1cc(-n2c3ccccc3c3ccc(C#N)cc32)c(-n2c3ccccc3c3ccc(C#N)cc32)cc1C#N. The van der Waals surface area contributed by atoms with E-state index < -0.39 is 11.7 Å². The Balaban J connectivity index is 1.57. The fraction of sp³-hybridized carbons (Fsp3) is 0.0488. The van der Waals surface area contributed by atoms with Gasteiger partial charge in [0.1, 0.15) is 0 Å².